The van der Waals surface area contributed by atoms with E-state index in [-0.39, 0.29) is 17.8 Å². The number of para-hydroxylation sites is 1. The first-order valence-corrected chi connectivity index (χ1v) is 6.01. The maximum atomic E-state index is 5.54. The normalized spacial score (nSPS) is 10.3. The number of nitrogens with zero attached hydrogens (tertiary/aromatic N) is 5. The van der Waals surface area contributed by atoms with E-state index < -0.39 is 0 Å². The summed E-state index contributed by atoms with van der Waals surface area (Å²) < 4.78 is 7.02. The third-order valence-corrected chi connectivity index (χ3v) is 2.56. The molecule has 0 amide bonds. The fourth-order valence-corrected chi connectivity index (χ4v) is 1.66. The number of rotatable bonds is 4. The minimum absolute atomic E-state index is 0.0305. The van der Waals surface area contributed by atoms with Gasteiger partial charge in [0.05, 0.1) is 5.69 Å². The van der Waals surface area contributed by atoms with Gasteiger partial charge in [0, 0.05) is 6.07 Å². The zero-order valence-corrected chi connectivity index (χ0v) is 10.8. The van der Waals surface area contributed by atoms with Crippen LogP contribution in [0.1, 0.15) is 0 Å². The van der Waals surface area contributed by atoms with Gasteiger partial charge in [-0.2, -0.15) is 15.0 Å². The van der Waals surface area contributed by atoms with Crippen LogP contribution in [0, 0.1) is 0 Å². The van der Waals surface area contributed by atoms with Gasteiger partial charge < -0.3 is 15.9 Å². The number of hydrogen-bond donors (Lipinski definition) is 3. The van der Waals surface area contributed by atoms with Crippen molar-refractivity contribution in [1.82, 2.24) is 24.7 Å². The van der Waals surface area contributed by atoms with Crippen LogP contribution < -0.4 is 21.7 Å². The van der Waals surface area contributed by atoms with Gasteiger partial charge in [0.1, 0.15) is 12.1 Å². The summed E-state index contributed by atoms with van der Waals surface area (Å²) >= 11 is 0. The molecular formula is C12H12N8O. The third kappa shape index (κ3) is 2.87. The number of hydrazine groups is 1. The molecular weight excluding hydrogens is 272 g/mol. The van der Waals surface area contributed by atoms with Gasteiger partial charge in [-0.15, -0.1) is 5.10 Å². The summed E-state index contributed by atoms with van der Waals surface area (Å²) in [6.07, 6.45) is 1.54. The second-order valence-electron chi connectivity index (χ2n) is 4.00. The molecule has 0 bridgehead atoms. The van der Waals surface area contributed by atoms with Crippen LogP contribution in [0.15, 0.2) is 42.7 Å². The number of nitrogens with two attached hydrogens (primary N) is 2. The highest BCUT2D eigenvalue weighted by Gasteiger charge is 2.08. The smallest absolute Gasteiger partial charge is 0.342 e. The van der Waals surface area contributed by atoms with Crippen LogP contribution in [0.5, 0.6) is 11.9 Å². The first-order valence-electron chi connectivity index (χ1n) is 6.01. The van der Waals surface area contributed by atoms with E-state index in [0.29, 0.717) is 5.82 Å². The van der Waals surface area contributed by atoms with E-state index in [9.17, 15) is 0 Å². The standard InChI is InChI=1S/C12H12N8O/c13-11-16-9(18-14)6-10(17-11)21-12-15-7-20(19-12)8-4-2-1-3-5-8/h1-7H,14H2,(H3,13,16,17,18). The molecule has 21 heavy (non-hydrogen) atoms. The molecule has 0 radical (unpaired) electrons. The fraction of sp³-hybridized carbons (Fsp3) is 0. The van der Waals surface area contributed by atoms with Crippen molar-refractivity contribution in [3.05, 3.63) is 42.7 Å². The molecule has 1 aromatic carbocycles. The Balaban J connectivity index is 1.83. The quantitative estimate of drug-likeness (QED) is 0.472. The molecule has 9 heteroatoms. The summed E-state index contributed by atoms with van der Waals surface area (Å²) in [5.41, 5.74) is 8.78. The van der Waals surface area contributed by atoms with E-state index in [1.807, 2.05) is 30.3 Å². The molecule has 0 aliphatic rings. The van der Waals surface area contributed by atoms with Crippen LogP contribution in [0.25, 0.3) is 5.69 Å². The fourth-order valence-electron chi connectivity index (χ4n) is 1.66. The van der Waals surface area contributed by atoms with Crippen molar-refractivity contribution in [2.24, 2.45) is 5.84 Å². The van der Waals surface area contributed by atoms with E-state index in [2.05, 4.69) is 25.5 Å². The summed E-state index contributed by atoms with van der Waals surface area (Å²) in [5.74, 6) is 5.83. The van der Waals surface area contributed by atoms with Gasteiger partial charge in [0.2, 0.25) is 11.8 Å². The van der Waals surface area contributed by atoms with Gasteiger partial charge >= 0.3 is 6.01 Å². The van der Waals surface area contributed by atoms with Crippen LogP contribution in [0.2, 0.25) is 0 Å². The molecule has 0 fully saturated rings. The molecule has 0 aliphatic carbocycles. The molecule has 0 aliphatic heterocycles. The van der Waals surface area contributed by atoms with Crippen molar-refractivity contribution in [2.75, 3.05) is 11.2 Å². The van der Waals surface area contributed by atoms with Gasteiger partial charge in [-0.3, -0.25) is 0 Å². The Labute approximate surface area is 119 Å². The predicted octanol–water partition coefficient (Wildman–Crippen LogP) is 0.717. The number of aromatic nitrogens is 5. The predicted molar refractivity (Wildman–Crippen MR) is 75.7 cm³/mol. The number of nitrogens with one attached hydrogen (secondary N) is 1. The summed E-state index contributed by atoms with van der Waals surface area (Å²) in [5, 5.41) is 4.19. The van der Waals surface area contributed by atoms with Crippen molar-refractivity contribution in [3.8, 4) is 17.6 Å². The van der Waals surface area contributed by atoms with E-state index in [4.69, 9.17) is 16.3 Å². The summed E-state index contributed by atoms with van der Waals surface area (Å²) in [6.45, 7) is 0. The molecule has 3 rings (SSSR count). The molecule has 0 atom stereocenters. The lowest BCUT2D eigenvalue weighted by molar-refractivity contribution is 0.425. The van der Waals surface area contributed by atoms with Crippen LogP contribution in [-0.4, -0.2) is 24.7 Å². The Kier molecular flexibility index (Phi) is 3.31. The Morgan fingerprint density at radius 3 is 2.71 bits per heavy atom. The van der Waals surface area contributed by atoms with Crippen molar-refractivity contribution >= 4 is 11.8 Å². The molecule has 0 saturated carbocycles. The van der Waals surface area contributed by atoms with E-state index in [1.165, 1.54) is 12.4 Å². The second kappa shape index (κ2) is 5.43. The molecule has 2 heterocycles. The highest BCUT2D eigenvalue weighted by atomic mass is 16.5. The van der Waals surface area contributed by atoms with Crippen molar-refractivity contribution in [2.45, 2.75) is 0 Å². The van der Waals surface area contributed by atoms with Crippen molar-refractivity contribution in [3.63, 3.8) is 0 Å². The van der Waals surface area contributed by atoms with Gasteiger partial charge in [-0.25, -0.2) is 10.5 Å². The summed E-state index contributed by atoms with van der Waals surface area (Å²) in [7, 11) is 0. The first-order chi connectivity index (χ1) is 10.2. The number of benzene rings is 1. The molecule has 2 aromatic heterocycles. The van der Waals surface area contributed by atoms with Crippen molar-refractivity contribution in [1.29, 1.82) is 0 Å². The Morgan fingerprint density at radius 1 is 1.14 bits per heavy atom. The zero-order chi connectivity index (χ0) is 14.7. The first kappa shape index (κ1) is 12.8. The van der Waals surface area contributed by atoms with E-state index in [1.54, 1.807) is 4.68 Å². The zero-order valence-electron chi connectivity index (χ0n) is 10.8. The Hall–Kier alpha value is -3.20. The number of hydrogen-bond acceptors (Lipinski definition) is 8. The van der Waals surface area contributed by atoms with E-state index in [0.717, 1.165) is 5.69 Å². The minimum atomic E-state index is 0.0305. The maximum absolute atomic E-state index is 5.54. The summed E-state index contributed by atoms with van der Waals surface area (Å²) in [6, 6.07) is 11.2. The average Bonchev–Trinajstić information content (AvgIpc) is 2.96. The molecule has 0 unspecified atom stereocenters. The van der Waals surface area contributed by atoms with Gasteiger partial charge in [-0.05, 0) is 12.1 Å². The SMILES string of the molecule is NNc1cc(Oc2ncn(-c3ccccc3)n2)nc(N)n1. The molecule has 3 aromatic rings. The lowest BCUT2D eigenvalue weighted by Crippen LogP contribution is -2.10. The summed E-state index contributed by atoms with van der Waals surface area (Å²) in [4.78, 5) is 11.8. The van der Waals surface area contributed by atoms with Crippen LogP contribution in [-0.2, 0) is 0 Å². The number of nitrogen functional groups attached to an aromatic ring is 2. The number of ether oxygens (including phenoxy) is 1. The van der Waals surface area contributed by atoms with Gasteiger partial charge in [0.25, 0.3) is 0 Å². The van der Waals surface area contributed by atoms with Crippen LogP contribution in [0.3, 0.4) is 0 Å². The lowest BCUT2D eigenvalue weighted by Gasteiger charge is -2.04. The maximum Gasteiger partial charge on any atom is 0.342 e. The highest BCUT2D eigenvalue weighted by Crippen LogP contribution is 2.19. The molecule has 5 N–H and O–H groups in total. The molecule has 106 valence electrons. The Bertz CT molecular complexity index is 742. The van der Waals surface area contributed by atoms with Gasteiger partial charge in [-0.1, -0.05) is 18.2 Å². The monoisotopic (exact) mass is 284 g/mol. The van der Waals surface area contributed by atoms with Crippen molar-refractivity contribution < 1.29 is 4.74 Å². The van der Waals surface area contributed by atoms with E-state index >= 15 is 0 Å². The van der Waals surface area contributed by atoms with Crippen LogP contribution >= 0.6 is 0 Å². The molecule has 9 nitrogen and oxygen atoms in total. The minimum Gasteiger partial charge on any atom is -0.404 e. The highest BCUT2D eigenvalue weighted by molar-refractivity contribution is 5.42. The average molecular weight is 284 g/mol. The molecule has 0 saturated heterocycles. The second-order valence-corrected chi connectivity index (χ2v) is 4.00. The van der Waals surface area contributed by atoms with Gasteiger partial charge in [0.15, 0.2) is 0 Å². The third-order valence-electron chi connectivity index (χ3n) is 2.56. The van der Waals surface area contributed by atoms with Crippen LogP contribution in [0.4, 0.5) is 11.8 Å². The topological polar surface area (TPSA) is 130 Å². The lowest BCUT2D eigenvalue weighted by atomic mass is 10.3. The molecule has 0 spiro atoms. The Morgan fingerprint density at radius 2 is 1.95 bits per heavy atom. The largest absolute Gasteiger partial charge is 0.404 e. The number of anilines is 2.